The summed E-state index contributed by atoms with van der Waals surface area (Å²) in [5, 5.41) is 0. The van der Waals surface area contributed by atoms with E-state index in [1.54, 1.807) is 0 Å². The molecule has 118 valence electrons. The number of hydrogen-bond donors (Lipinski definition) is 1. The lowest BCUT2D eigenvalue weighted by atomic mass is 10.0. The first-order valence-electron chi connectivity index (χ1n) is 7.96. The van der Waals surface area contributed by atoms with Gasteiger partial charge >= 0.3 is 0 Å². The summed E-state index contributed by atoms with van der Waals surface area (Å²) in [5.41, 5.74) is 9.19. The van der Waals surface area contributed by atoms with Gasteiger partial charge in [-0.2, -0.15) is 0 Å². The Hall–Kier alpha value is -1.09. The van der Waals surface area contributed by atoms with Gasteiger partial charge in [0.1, 0.15) is 4.99 Å². The minimum absolute atomic E-state index is 0.481. The van der Waals surface area contributed by atoms with E-state index in [-0.39, 0.29) is 0 Å². The minimum Gasteiger partial charge on any atom is -0.389 e. The van der Waals surface area contributed by atoms with Crippen molar-refractivity contribution < 1.29 is 0 Å². The van der Waals surface area contributed by atoms with Crippen molar-refractivity contribution in [3.8, 4) is 0 Å². The van der Waals surface area contributed by atoms with Gasteiger partial charge in [-0.05, 0) is 55.4 Å². The van der Waals surface area contributed by atoms with Gasteiger partial charge in [-0.15, -0.1) is 0 Å². The van der Waals surface area contributed by atoms with Crippen LogP contribution in [0, 0.1) is 18.8 Å². The number of thiocarbonyl (C=S) groups is 1. The monoisotopic (exact) mass is 306 g/mol. The molecule has 0 aliphatic heterocycles. The maximum atomic E-state index is 5.76. The highest BCUT2D eigenvalue weighted by Gasteiger charge is 2.11. The van der Waals surface area contributed by atoms with Crippen molar-refractivity contribution >= 4 is 22.9 Å². The molecule has 0 aliphatic carbocycles. The van der Waals surface area contributed by atoms with E-state index in [1.165, 1.54) is 24.1 Å². The van der Waals surface area contributed by atoms with Crippen molar-refractivity contribution in [1.82, 2.24) is 0 Å². The third-order valence-electron chi connectivity index (χ3n) is 3.79. The molecule has 1 aromatic rings. The zero-order valence-electron chi connectivity index (χ0n) is 14.1. The van der Waals surface area contributed by atoms with Gasteiger partial charge < -0.3 is 10.6 Å². The summed E-state index contributed by atoms with van der Waals surface area (Å²) < 4.78 is 0. The lowest BCUT2D eigenvalue weighted by Crippen LogP contribution is -2.27. The average molecular weight is 307 g/mol. The molecule has 2 N–H and O–H groups in total. The third-order valence-corrected chi connectivity index (χ3v) is 4.01. The molecular weight excluding hydrogens is 276 g/mol. The highest BCUT2D eigenvalue weighted by molar-refractivity contribution is 7.80. The van der Waals surface area contributed by atoms with Crippen LogP contribution in [0.25, 0.3) is 0 Å². The molecule has 1 rings (SSSR count). The first kappa shape index (κ1) is 18.0. The highest BCUT2D eigenvalue weighted by Crippen LogP contribution is 2.21. The van der Waals surface area contributed by atoms with Crippen molar-refractivity contribution in [2.24, 2.45) is 17.6 Å². The first-order valence-corrected chi connectivity index (χ1v) is 8.37. The van der Waals surface area contributed by atoms with Crippen LogP contribution in [-0.2, 0) is 0 Å². The van der Waals surface area contributed by atoms with Gasteiger partial charge in [-0.1, -0.05) is 39.9 Å². The molecule has 0 aromatic heterocycles. The number of rotatable bonds is 8. The fourth-order valence-electron chi connectivity index (χ4n) is 2.32. The van der Waals surface area contributed by atoms with Gasteiger partial charge in [0.15, 0.2) is 0 Å². The van der Waals surface area contributed by atoms with E-state index < -0.39 is 0 Å². The van der Waals surface area contributed by atoms with Crippen LogP contribution in [-0.4, -0.2) is 18.1 Å². The molecule has 0 unspecified atom stereocenters. The zero-order chi connectivity index (χ0) is 16.0. The summed E-state index contributed by atoms with van der Waals surface area (Å²) in [5.74, 6) is 1.45. The number of benzene rings is 1. The van der Waals surface area contributed by atoms with Crippen molar-refractivity contribution in [3.63, 3.8) is 0 Å². The Kier molecular flexibility index (Phi) is 7.16. The van der Waals surface area contributed by atoms with Crippen LogP contribution in [0.3, 0.4) is 0 Å². The second-order valence-corrected chi connectivity index (χ2v) is 7.16. The summed E-state index contributed by atoms with van der Waals surface area (Å²) >= 11 is 5.09. The number of aryl methyl sites for hydroxylation is 1. The lowest BCUT2D eigenvalue weighted by molar-refractivity contribution is 0.535. The summed E-state index contributed by atoms with van der Waals surface area (Å²) in [4.78, 5) is 2.98. The largest absolute Gasteiger partial charge is 0.389 e. The van der Waals surface area contributed by atoms with Gasteiger partial charge in [-0.3, -0.25) is 0 Å². The fraction of sp³-hybridized carbons (Fsp3) is 0.611. The Morgan fingerprint density at radius 1 is 1.10 bits per heavy atom. The van der Waals surface area contributed by atoms with Crippen LogP contribution in [0.5, 0.6) is 0 Å². The van der Waals surface area contributed by atoms with Crippen molar-refractivity contribution in [2.45, 2.75) is 47.5 Å². The smallest absolute Gasteiger partial charge is 0.104 e. The standard InChI is InChI=1S/C18H30N2S/c1-13(2)8-10-20(11-9-14(3)4)16-6-7-17(18(19)21)15(5)12-16/h6-7,12-14H,8-11H2,1-5H3,(H2,19,21). The normalized spacial score (nSPS) is 11.2. The summed E-state index contributed by atoms with van der Waals surface area (Å²) in [6.07, 6.45) is 2.43. The van der Waals surface area contributed by atoms with E-state index in [0.29, 0.717) is 4.99 Å². The first-order chi connectivity index (χ1) is 9.81. The maximum Gasteiger partial charge on any atom is 0.104 e. The van der Waals surface area contributed by atoms with Crippen LogP contribution in [0.1, 0.15) is 51.7 Å². The van der Waals surface area contributed by atoms with Crippen LogP contribution in [0.2, 0.25) is 0 Å². The molecule has 0 heterocycles. The Labute approximate surface area is 135 Å². The summed E-state index contributed by atoms with van der Waals surface area (Å²) in [7, 11) is 0. The van der Waals surface area contributed by atoms with Gasteiger partial charge in [0.25, 0.3) is 0 Å². The number of nitrogens with two attached hydrogens (primary N) is 1. The SMILES string of the molecule is Cc1cc(N(CCC(C)C)CCC(C)C)ccc1C(N)=S. The van der Waals surface area contributed by atoms with Gasteiger partial charge in [-0.25, -0.2) is 0 Å². The minimum atomic E-state index is 0.481. The van der Waals surface area contributed by atoms with Crippen LogP contribution in [0.4, 0.5) is 5.69 Å². The molecule has 0 fully saturated rings. The number of nitrogens with zero attached hydrogens (tertiary/aromatic N) is 1. The second-order valence-electron chi connectivity index (χ2n) is 6.72. The summed E-state index contributed by atoms with van der Waals surface area (Å²) in [6, 6.07) is 6.43. The lowest BCUT2D eigenvalue weighted by Gasteiger charge is -2.27. The average Bonchev–Trinajstić information content (AvgIpc) is 2.37. The van der Waals surface area contributed by atoms with Crippen LogP contribution >= 0.6 is 12.2 Å². The van der Waals surface area contributed by atoms with E-state index >= 15 is 0 Å². The molecule has 0 bridgehead atoms. The van der Waals surface area contributed by atoms with Gasteiger partial charge in [0, 0.05) is 24.3 Å². The van der Waals surface area contributed by atoms with E-state index in [1.807, 2.05) is 0 Å². The molecule has 1 aromatic carbocycles. The molecule has 0 spiro atoms. The van der Waals surface area contributed by atoms with E-state index in [2.05, 4.69) is 57.7 Å². The van der Waals surface area contributed by atoms with Crippen LogP contribution in [0.15, 0.2) is 18.2 Å². The Morgan fingerprint density at radius 2 is 1.62 bits per heavy atom. The van der Waals surface area contributed by atoms with E-state index in [9.17, 15) is 0 Å². The van der Waals surface area contributed by atoms with Crippen LogP contribution < -0.4 is 10.6 Å². The quantitative estimate of drug-likeness (QED) is 0.716. The highest BCUT2D eigenvalue weighted by atomic mass is 32.1. The molecule has 0 saturated carbocycles. The zero-order valence-corrected chi connectivity index (χ0v) is 15.0. The van der Waals surface area contributed by atoms with Crippen molar-refractivity contribution in [3.05, 3.63) is 29.3 Å². The molecular formula is C18H30N2S. The summed E-state index contributed by atoms with van der Waals surface area (Å²) in [6.45, 7) is 13.4. The molecule has 0 atom stereocenters. The number of anilines is 1. The Bertz CT molecular complexity index is 454. The predicted octanol–water partition coefficient (Wildman–Crippen LogP) is 4.53. The van der Waals surface area contributed by atoms with E-state index in [0.717, 1.165) is 30.5 Å². The fourth-order valence-corrected chi connectivity index (χ4v) is 2.55. The Morgan fingerprint density at radius 3 is 2.00 bits per heavy atom. The topological polar surface area (TPSA) is 29.3 Å². The molecule has 0 aliphatic rings. The maximum absolute atomic E-state index is 5.76. The van der Waals surface area contributed by atoms with Crippen molar-refractivity contribution in [2.75, 3.05) is 18.0 Å². The molecule has 2 nitrogen and oxygen atoms in total. The third kappa shape index (κ3) is 6.04. The second kappa shape index (κ2) is 8.38. The molecule has 0 saturated heterocycles. The van der Waals surface area contributed by atoms with Crippen molar-refractivity contribution in [1.29, 1.82) is 0 Å². The number of hydrogen-bond acceptors (Lipinski definition) is 2. The molecule has 0 amide bonds. The predicted molar refractivity (Wildman–Crippen MR) is 98.2 cm³/mol. The van der Waals surface area contributed by atoms with Gasteiger partial charge in [0.05, 0.1) is 0 Å². The molecule has 21 heavy (non-hydrogen) atoms. The van der Waals surface area contributed by atoms with Gasteiger partial charge in [0.2, 0.25) is 0 Å². The Balaban J connectivity index is 2.90. The molecule has 3 heteroatoms. The van der Waals surface area contributed by atoms with E-state index in [4.69, 9.17) is 18.0 Å². The molecule has 0 radical (unpaired) electrons.